The maximum absolute atomic E-state index is 14.4. The number of hydrogen-bond acceptors (Lipinski definition) is 14. The maximum atomic E-state index is 14.4. The van der Waals surface area contributed by atoms with Crippen molar-refractivity contribution >= 4 is 35.8 Å². The molecule has 1 saturated heterocycles. The largest absolute Gasteiger partial charge is 0.461 e. The molecule has 0 amide bonds. The summed E-state index contributed by atoms with van der Waals surface area (Å²) in [6, 6.07) is 11.4. The van der Waals surface area contributed by atoms with Crippen molar-refractivity contribution in [3.8, 4) is 0 Å². The van der Waals surface area contributed by atoms with Crippen LogP contribution in [0.15, 0.2) is 54.9 Å². The van der Waals surface area contributed by atoms with Gasteiger partial charge in [-0.15, -0.1) is 0 Å². The number of nitrogens with zero attached hydrogens (tertiary/aromatic N) is 1. The summed E-state index contributed by atoms with van der Waals surface area (Å²) in [6.07, 6.45) is -3.71. The molecule has 1 aliphatic heterocycles. The lowest BCUT2D eigenvalue weighted by Crippen LogP contribution is -2.66. The van der Waals surface area contributed by atoms with Crippen LogP contribution in [0.25, 0.3) is 0 Å². The number of pyridine rings is 1. The number of hydrogen-bond donors (Lipinski definition) is 0. The molecule has 57 heavy (non-hydrogen) atoms. The first-order valence-corrected chi connectivity index (χ1v) is 19.6. The minimum atomic E-state index is -1.87. The summed E-state index contributed by atoms with van der Waals surface area (Å²) in [4.78, 5) is 86.7. The van der Waals surface area contributed by atoms with E-state index >= 15 is 0 Å². The molecule has 1 aromatic carbocycles. The normalized spacial score (nSPS) is 37.9. The molecule has 2 bridgehead atoms. The maximum Gasteiger partial charge on any atom is 0.340 e. The van der Waals surface area contributed by atoms with Gasteiger partial charge in [0.25, 0.3) is 0 Å². The van der Waals surface area contributed by atoms with Crippen molar-refractivity contribution in [2.75, 3.05) is 0 Å². The predicted octanol–water partition coefficient (Wildman–Crippen LogP) is 5.26. The number of aromatic nitrogens is 1. The van der Waals surface area contributed by atoms with E-state index < -0.39 is 112 Å². The molecule has 1 unspecified atom stereocenters. The Bertz CT molecular complexity index is 1950. The third-order valence-corrected chi connectivity index (χ3v) is 13.4. The first-order chi connectivity index (χ1) is 26.8. The van der Waals surface area contributed by atoms with Crippen molar-refractivity contribution < 1.29 is 61.9 Å². The number of benzene rings is 1. The Morgan fingerprint density at radius 1 is 0.789 bits per heavy atom. The molecule has 5 fully saturated rings. The summed E-state index contributed by atoms with van der Waals surface area (Å²) in [5.74, 6) is -7.96. The van der Waals surface area contributed by atoms with E-state index in [1.807, 2.05) is 6.92 Å². The van der Waals surface area contributed by atoms with Crippen molar-refractivity contribution in [1.82, 2.24) is 4.98 Å². The molecule has 306 valence electrons. The second kappa shape index (κ2) is 14.2. The first kappa shape index (κ1) is 40.4. The Labute approximate surface area is 331 Å². The molecule has 5 aliphatic rings. The summed E-state index contributed by atoms with van der Waals surface area (Å²) in [5, 5.41) is 0. The van der Waals surface area contributed by atoms with Gasteiger partial charge in [0, 0.05) is 39.1 Å². The molecular weight excluding hydrogens is 738 g/mol. The van der Waals surface area contributed by atoms with Crippen LogP contribution in [0.4, 0.5) is 0 Å². The fourth-order valence-electron chi connectivity index (χ4n) is 11.3. The zero-order valence-electron chi connectivity index (χ0n) is 33.7. The van der Waals surface area contributed by atoms with Crippen molar-refractivity contribution in [3.05, 3.63) is 66.0 Å². The van der Waals surface area contributed by atoms with Crippen LogP contribution in [0.3, 0.4) is 0 Å². The zero-order chi connectivity index (χ0) is 41.4. The molecular formula is C43H51NO13. The van der Waals surface area contributed by atoms with Gasteiger partial charge in [0.1, 0.15) is 29.3 Å². The van der Waals surface area contributed by atoms with E-state index in [-0.39, 0.29) is 35.8 Å². The Morgan fingerprint density at radius 3 is 2.04 bits per heavy atom. The molecule has 0 spiro atoms. The molecule has 0 radical (unpaired) electrons. The highest BCUT2D eigenvalue weighted by Crippen LogP contribution is 2.80. The highest BCUT2D eigenvalue weighted by molar-refractivity contribution is 5.90. The zero-order valence-corrected chi connectivity index (χ0v) is 33.7. The summed E-state index contributed by atoms with van der Waals surface area (Å²) in [7, 11) is 0. The topological polar surface area (TPSA) is 180 Å². The average molecular weight is 790 g/mol. The van der Waals surface area contributed by atoms with Gasteiger partial charge in [0.2, 0.25) is 6.29 Å². The van der Waals surface area contributed by atoms with E-state index in [1.54, 1.807) is 63.2 Å². The van der Waals surface area contributed by atoms with Gasteiger partial charge in [-0.3, -0.25) is 24.2 Å². The molecule has 1 aromatic heterocycles. The SMILES string of the molecule is CC(=O)OC1O[C@@]2(C)[C@H](OC(=O)c3ccccc3)[C@@]3(OC(C)=O)C[C@H](C)[C@H](OC(=O)C(C)C)[C@@H]3[C@@H](OC(C)=O)[C@@]13[C@H](OC(=O)c1cccnc1)C[C@H]1[C@@H]([C@@H]23)C1(C)C. The summed E-state index contributed by atoms with van der Waals surface area (Å²) >= 11 is 0. The van der Waals surface area contributed by atoms with Crippen LogP contribution < -0.4 is 0 Å². The second-order valence-corrected chi connectivity index (χ2v) is 17.5. The predicted molar refractivity (Wildman–Crippen MR) is 197 cm³/mol. The molecule has 4 saturated carbocycles. The Morgan fingerprint density at radius 2 is 1.44 bits per heavy atom. The van der Waals surface area contributed by atoms with Gasteiger partial charge >= 0.3 is 35.8 Å². The lowest BCUT2D eigenvalue weighted by Gasteiger charge is -2.52. The molecule has 7 rings (SSSR count). The molecule has 2 heterocycles. The smallest absolute Gasteiger partial charge is 0.340 e. The van der Waals surface area contributed by atoms with E-state index in [1.165, 1.54) is 33.2 Å². The Balaban J connectivity index is 1.57. The van der Waals surface area contributed by atoms with Gasteiger partial charge in [-0.2, -0.15) is 0 Å². The van der Waals surface area contributed by atoms with Crippen molar-refractivity contribution in [2.45, 2.75) is 117 Å². The average Bonchev–Trinajstić information content (AvgIpc) is 3.43. The fraction of sp³-hybridized carbons (Fsp3) is 0.605. The first-order valence-electron chi connectivity index (χ1n) is 19.6. The quantitative estimate of drug-likeness (QED) is 0.237. The highest BCUT2D eigenvalue weighted by atomic mass is 16.7. The van der Waals surface area contributed by atoms with Crippen LogP contribution in [-0.2, 0) is 52.3 Å². The van der Waals surface area contributed by atoms with Crippen LogP contribution in [0.5, 0.6) is 0 Å². The number of ether oxygens (including phenoxy) is 7. The number of rotatable bonds is 9. The van der Waals surface area contributed by atoms with Crippen LogP contribution in [0, 0.1) is 46.3 Å². The van der Waals surface area contributed by atoms with Gasteiger partial charge < -0.3 is 33.2 Å². The fourth-order valence-corrected chi connectivity index (χ4v) is 11.3. The second-order valence-electron chi connectivity index (χ2n) is 17.5. The minimum Gasteiger partial charge on any atom is -0.461 e. The van der Waals surface area contributed by atoms with Crippen molar-refractivity contribution in [2.24, 2.45) is 46.3 Å². The van der Waals surface area contributed by atoms with E-state index in [4.69, 9.17) is 33.2 Å². The molecule has 14 heteroatoms. The van der Waals surface area contributed by atoms with Gasteiger partial charge in [0.05, 0.1) is 23.0 Å². The Kier molecular flexibility index (Phi) is 10.1. The molecule has 0 N–H and O–H groups in total. The Hall–Kier alpha value is -4.85. The summed E-state index contributed by atoms with van der Waals surface area (Å²) < 4.78 is 45.8. The van der Waals surface area contributed by atoms with Crippen molar-refractivity contribution in [3.63, 3.8) is 0 Å². The monoisotopic (exact) mass is 789 g/mol. The number of carbonyl (C=O) groups excluding carboxylic acids is 6. The van der Waals surface area contributed by atoms with Crippen molar-refractivity contribution in [1.29, 1.82) is 0 Å². The molecule has 13 atom stereocenters. The molecule has 14 nitrogen and oxygen atoms in total. The third kappa shape index (κ3) is 6.29. The van der Waals surface area contributed by atoms with Gasteiger partial charge in [-0.05, 0) is 67.2 Å². The van der Waals surface area contributed by atoms with Gasteiger partial charge in [-0.1, -0.05) is 52.8 Å². The van der Waals surface area contributed by atoms with E-state index in [2.05, 4.69) is 18.8 Å². The van der Waals surface area contributed by atoms with E-state index in [0.29, 0.717) is 0 Å². The molecule has 4 aliphatic carbocycles. The highest BCUT2D eigenvalue weighted by Gasteiger charge is 2.90. The van der Waals surface area contributed by atoms with Crippen LogP contribution in [-0.4, -0.2) is 82.7 Å². The number of carbonyl (C=O) groups is 6. The number of esters is 6. The summed E-state index contributed by atoms with van der Waals surface area (Å²) in [5.41, 5.74) is -5.39. The lowest BCUT2D eigenvalue weighted by molar-refractivity contribution is -0.289. The minimum absolute atomic E-state index is 0.0185. The lowest BCUT2D eigenvalue weighted by atomic mass is 9.56. The van der Waals surface area contributed by atoms with Crippen LogP contribution in [0.2, 0.25) is 0 Å². The third-order valence-electron chi connectivity index (χ3n) is 13.4. The standard InChI is InChI=1S/C43H51NO13/c1-21(2)35(48)54-32-22(3)19-42(56-25(6)47)31(32)34(51-23(4)45)43-29(53-37(50)27-16-13-17-44-20-27)18-28-30(40(28,7)8)33(43)41(9,57-39(43)52-24(5)46)38(42)55-36(49)26-14-11-10-12-15-26/h10-17,20-22,28-34,38-39H,18-19H2,1-9H3/t22-,28-,29+,30-,31+,32-,33-,34+,38-,39?,41+,42+,43-/m0/s1. The van der Waals surface area contributed by atoms with E-state index in [0.717, 1.165) is 0 Å². The van der Waals surface area contributed by atoms with Gasteiger partial charge in [-0.25, -0.2) is 9.59 Å². The molecule has 2 aromatic rings. The van der Waals surface area contributed by atoms with E-state index in [9.17, 15) is 28.8 Å². The number of fused-ring (bicyclic) bond motifs is 2. The van der Waals surface area contributed by atoms with Crippen LogP contribution in [0.1, 0.15) is 95.9 Å². The van der Waals surface area contributed by atoms with Gasteiger partial charge in [0.15, 0.2) is 11.7 Å². The van der Waals surface area contributed by atoms with Crippen LogP contribution >= 0.6 is 0 Å². The summed E-state index contributed by atoms with van der Waals surface area (Å²) in [6.45, 7) is 14.7.